The van der Waals surface area contributed by atoms with Gasteiger partial charge in [0.05, 0.1) is 0 Å². The van der Waals surface area contributed by atoms with E-state index in [4.69, 9.17) is 0 Å². The zero-order valence-corrected chi connectivity index (χ0v) is 12.1. The first-order valence-corrected chi connectivity index (χ1v) is 7.24. The Morgan fingerprint density at radius 2 is 1.53 bits per heavy atom. The zero-order chi connectivity index (χ0) is 13.5. The molecule has 0 saturated heterocycles. The molecule has 0 aliphatic heterocycles. The minimum atomic E-state index is 0.267. The molecule has 2 aromatic carbocycles. The van der Waals surface area contributed by atoms with Crippen molar-refractivity contribution in [3.8, 4) is 0 Å². The lowest BCUT2D eigenvalue weighted by Gasteiger charge is -2.41. The summed E-state index contributed by atoms with van der Waals surface area (Å²) in [5.74, 6) is 1.23. The van der Waals surface area contributed by atoms with Gasteiger partial charge in [0.1, 0.15) is 0 Å². The fraction of sp³-hybridized carbons (Fsp3) is 0.368. The third-order valence-corrected chi connectivity index (χ3v) is 4.74. The molecule has 19 heavy (non-hydrogen) atoms. The molecule has 0 radical (unpaired) electrons. The molecule has 0 bridgehead atoms. The molecular formula is C19H22. The third kappa shape index (κ3) is 2.10. The average Bonchev–Trinajstić information content (AvgIpc) is 2.44. The van der Waals surface area contributed by atoms with Crippen LogP contribution in [0, 0.1) is 0 Å². The molecule has 0 heterocycles. The van der Waals surface area contributed by atoms with Crippen molar-refractivity contribution in [3.63, 3.8) is 0 Å². The maximum absolute atomic E-state index is 2.38. The van der Waals surface area contributed by atoms with E-state index in [2.05, 4.69) is 75.4 Å². The molecule has 0 saturated carbocycles. The van der Waals surface area contributed by atoms with Gasteiger partial charge in [-0.3, -0.25) is 0 Å². The lowest BCUT2D eigenvalue weighted by molar-refractivity contribution is 0.357. The fourth-order valence-corrected chi connectivity index (χ4v) is 3.67. The van der Waals surface area contributed by atoms with Gasteiger partial charge < -0.3 is 0 Å². The van der Waals surface area contributed by atoms with Crippen molar-refractivity contribution in [2.45, 2.75) is 44.4 Å². The second-order valence-corrected chi connectivity index (χ2v) is 6.48. The van der Waals surface area contributed by atoms with E-state index in [1.165, 1.54) is 23.1 Å². The Bertz CT molecular complexity index is 566. The molecule has 0 aromatic heterocycles. The molecule has 3 rings (SSSR count). The van der Waals surface area contributed by atoms with Crippen LogP contribution in [-0.4, -0.2) is 0 Å². The van der Waals surface area contributed by atoms with Gasteiger partial charge in [-0.05, 0) is 40.4 Å². The maximum atomic E-state index is 2.38. The first-order chi connectivity index (χ1) is 9.09. The molecule has 0 fully saturated rings. The molecule has 1 aliphatic rings. The van der Waals surface area contributed by atoms with Gasteiger partial charge in [-0.25, -0.2) is 0 Å². The van der Waals surface area contributed by atoms with Crippen molar-refractivity contribution in [2.24, 2.45) is 0 Å². The quantitative estimate of drug-likeness (QED) is 0.648. The summed E-state index contributed by atoms with van der Waals surface area (Å²) in [6.45, 7) is 7.15. The number of fused-ring (bicyclic) bond motifs is 1. The summed E-state index contributed by atoms with van der Waals surface area (Å²) in [7, 11) is 0. The predicted molar refractivity (Wildman–Crippen MR) is 81.7 cm³/mol. The SMILES string of the molecule is C[C@H]1c2ccccc2C(C)(C)C[C@H]1c1ccccc1. The van der Waals surface area contributed by atoms with Crippen molar-refractivity contribution in [1.82, 2.24) is 0 Å². The van der Waals surface area contributed by atoms with E-state index in [1.807, 2.05) is 0 Å². The van der Waals surface area contributed by atoms with Crippen LogP contribution in [0.5, 0.6) is 0 Å². The van der Waals surface area contributed by atoms with Crippen LogP contribution in [0.25, 0.3) is 0 Å². The van der Waals surface area contributed by atoms with Gasteiger partial charge >= 0.3 is 0 Å². The molecule has 0 unspecified atom stereocenters. The molecule has 2 aromatic rings. The van der Waals surface area contributed by atoms with E-state index in [-0.39, 0.29) is 5.41 Å². The molecule has 0 amide bonds. The van der Waals surface area contributed by atoms with Crippen molar-refractivity contribution in [1.29, 1.82) is 0 Å². The molecule has 0 nitrogen and oxygen atoms in total. The van der Waals surface area contributed by atoms with Crippen LogP contribution in [0.1, 0.15) is 55.7 Å². The van der Waals surface area contributed by atoms with Gasteiger partial charge in [0.25, 0.3) is 0 Å². The predicted octanol–water partition coefficient (Wildman–Crippen LogP) is 5.26. The standard InChI is InChI=1S/C19H22/c1-14-16-11-7-8-12-18(16)19(2,3)13-17(14)15-9-5-4-6-10-15/h4-12,14,17H,13H2,1-3H3/t14-,17+/m0/s1. The van der Waals surface area contributed by atoms with Crippen molar-refractivity contribution in [3.05, 3.63) is 71.3 Å². The van der Waals surface area contributed by atoms with Crippen LogP contribution in [0.2, 0.25) is 0 Å². The van der Waals surface area contributed by atoms with Gasteiger partial charge in [0.2, 0.25) is 0 Å². The van der Waals surface area contributed by atoms with Gasteiger partial charge in [0, 0.05) is 0 Å². The Labute approximate surface area is 116 Å². The molecular weight excluding hydrogens is 228 g/mol. The fourth-order valence-electron chi connectivity index (χ4n) is 3.67. The van der Waals surface area contributed by atoms with E-state index in [0.29, 0.717) is 11.8 Å². The number of benzene rings is 2. The minimum absolute atomic E-state index is 0.267. The highest BCUT2D eigenvalue weighted by atomic mass is 14.4. The summed E-state index contributed by atoms with van der Waals surface area (Å²) in [5.41, 5.74) is 4.82. The number of rotatable bonds is 1. The van der Waals surface area contributed by atoms with Crippen molar-refractivity contribution in [2.75, 3.05) is 0 Å². The summed E-state index contributed by atoms with van der Waals surface area (Å²) in [6, 6.07) is 20.0. The zero-order valence-electron chi connectivity index (χ0n) is 12.1. The van der Waals surface area contributed by atoms with Gasteiger partial charge in [-0.15, -0.1) is 0 Å². The van der Waals surface area contributed by atoms with Crippen molar-refractivity contribution >= 4 is 0 Å². The number of hydrogen-bond donors (Lipinski definition) is 0. The van der Waals surface area contributed by atoms with Gasteiger partial charge in [-0.2, -0.15) is 0 Å². The molecule has 0 heteroatoms. The topological polar surface area (TPSA) is 0 Å². The summed E-state index contributed by atoms with van der Waals surface area (Å²) < 4.78 is 0. The minimum Gasteiger partial charge on any atom is -0.0622 e. The monoisotopic (exact) mass is 250 g/mol. The maximum Gasteiger partial charge on any atom is -0.00874 e. The average molecular weight is 250 g/mol. The highest BCUT2D eigenvalue weighted by Gasteiger charge is 2.37. The van der Waals surface area contributed by atoms with Crippen LogP contribution < -0.4 is 0 Å². The van der Waals surface area contributed by atoms with Crippen molar-refractivity contribution < 1.29 is 0 Å². The van der Waals surface area contributed by atoms with E-state index in [1.54, 1.807) is 0 Å². The third-order valence-electron chi connectivity index (χ3n) is 4.74. The summed E-state index contributed by atoms with van der Waals surface area (Å²) in [4.78, 5) is 0. The van der Waals surface area contributed by atoms with Crippen LogP contribution in [0.4, 0.5) is 0 Å². The lowest BCUT2D eigenvalue weighted by atomic mass is 9.62. The Hall–Kier alpha value is -1.56. The Morgan fingerprint density at radius 1 is 0.895 bits per heavy atom. The summed E-state index contributed by atoms with van der Waals surface area (Å²) in [6.07, 6.45) is 1.23. The molecule has 98 valence electrons. The molecule has 1 aliphatic carbocycles. The van der Waals surface area contributed by atoms with E-state index in [9.17, 15) is 0 Å². The van der Waals surface area contributed by atoms with Crippen LogP contribution >= 0.6 is 0 Å². The van der Waals surface area contributed by atoms with E-state index in [0.717, 1.165) is 0 Å². The van der Waals surface area contributed by atoms with E-state index >= 15 is 0 Å². The Balaban J connectivity index is 2.09. The highest BCUT2D eigenvalue weighted by Crippen LogP contribution is 2.49. The first-order valence-electron chi connectivity index (χ1n) is 7.24. The number of hydrogen-bond acceptors (Lipinski definition) is 0. The Morgan fingerprint density at radius 3 is 2.26 bits per heavy atom. The van der Waals surface area contributed by atoms with Crippen LogP contribution in [0.3, 0.4) is 0 Å². The van der Waals surface area contributed by atoms with Gasteiger partial charge in [0.15, 0.2) is 0 Å². The molecule has 2 atom stereocenters. The largest absolute Gasteiger partial charge is 0.0622 e. The smallest absolute Gasteiger partial charge is 0.00874 e. The highest BCUT2D eigenvalue weighted by molar-refractivity contribution is 5.42. The van der Waals surface area contributed by atoms with Crippen LogP contribution in [0.15, 0.2) is 54.6 Å². The normalized spacial score (nSPS) is 24.8. The Kier molecular flexibility index (Phi) is 2.97. The summed E-state index contributed by atoms with van der Waals surface area (Å²) in [5, 5.41) is 0. The lowest BCUT2D eigenvalue weighted by Crippen LogP contribution is -2.30. The second kappa shape index (κ2) is 4.52. The van der Waals surface area contributed by atoms with Gasteiger partial charge in [-0.1, -0.05) is 75.4 Å². The molecule has 0 N–H and O–H groups in total. The molecule has 0 spiro atoms. The first kappa shape index (κ1) is 12.5. The van der Waals surface area contributed by atoms with E-state index < -0.39 is 0 Å². The summed E-state index contributed by atoms with van der Waals surface area (Å²) >= 11 is 0. The van der Waals surface area contributed by atoms with Crippen LogP contribution in [-0.2, 0) is 5.41 Å². The second-order valence-electron chi connectivity index (χ2n) is 6.48.